The molecule has 1 aliphatic heterocycles. The van der Waals surface area contributed by atoms with Crippen LogP contribution in [0.5, 0.6) is 0 Å². The predicted molar refractivity (Wildman–Crippen MR) is 139 cm³/mol. The number of benzene rings is 2. The number of ether oxygens (including phenoxy) is 1. The van der Waals surface area contributed by atoms with Crippen molar-refractivity contribution < 1.29 is 9.53 Å². The third-order valence-corrected chi connectivity index (χ3v) is 7.06. The fourth-order valence-corrected chi connectivity index (χ4v) is 5.30. The van der Waals surface area contributed by atoms with Gasteiger partial charge >= 0.3 is 5.97 Å². The zero-order valence-corrected chi connectivity index (χ0v) is 21.2. The van der Waals surface area contributed by atoms with E-state index in [0.29, 0.717) is 5.69 Å². The average molecular weight is 458 g/mol. The molecule has 34 heavy (non-hydrogen) atoms. The van der Waals surface area contributed by atoms with E-state index in [1.54, 1.807) is 6.20 Å². The fraction of sp³-hybridized carbons (Fsp3) is 0.379. The first-order valence-corrected chi connectivity index (χ1v) is 12.3. The van der Waals surface area contributed by atoms with Gasteiger partial charge in [0.1, 0.15) is 0 Å². The van der Waals surface area contributed by atoms with E-state index < -0.39 is 5.60 Å². The lowest BCUT2D eigenvalue weighted by atomic mass is 9.77. The summed E-state index contributed by atoms with van der Waals surface area (Å²) in [6.07, 6.45) is 1.66. The van der Waals surface area contributed by atoms with Crippen molar-refractivity contribution >= 4 is 17.3 Å². The minimum Gasteiger partial charge on any atom is -0.439 e. The van der Waals surface area contributed by atoms with Crippen LogP contribution in [-0.2, 0) is 10.3 Å². The van der Waals surface area contributed by atoms with E-state index in [4.69, 9.17) is 4.74 Å². The Morgan fingerprint density at radius 3 is 1.71 bits per heavy atom. The van der Waals surface area contributed by atoms with Crippen LogP contribution in [0.4, 0.5) is 11.4 Å². The molecule has 0 radical (unpaired) electrons. The Morgan fingerprint density at radius 1 is 0.765 bits per heavy atom. The number of fused-ring (bicyclic) bond motifs is 1. The Kier molecular flexibility index (Phi) is 6.65. The minimum absolute atomic E-state index is 0.380. The molecule has 0 atom stereocenters. The van der Waals surface area contributed by atoms with Gasteiger partial charge in [0.15, 0.2) is 11.3 Å². The van der Waals surface area contributed by atoms with Crippen molar-refractivity contribution in [3.63, 3.8) is 0 Å². The van der Waals surface area contributed by atoms with Gasteiger partial charge in [-0.25, -0.2) is 9.78 Å². The topological polar surface area (TPSA) is 45.7 Å². The van der Waals surface area contributed by atoms with Gasteiger partial charge in [0.25, 0.3) is 0 Å². The van der Waals surface area contributed by atoms with Crippen molar-refractivity contribution in [3.05, 3.63) is 88.2 Å². The van der Waals surface area contributed by atoms with Crippen molar-refractivity contribution in [3.8, 4) is 0 Å². The van der Waals surface area contributed by atoms with E-state index in [-0.39, 0.29) is 5.97 Å². The van der Waals surface area contributed by atoms with Crippen molar-refractivity contribution in [2.24, 2.45) is 0 Å². The number of cyclic esters (lactones) is 1. The molecule has 5 nitrogen and oxygen atoms in total. The molecule has 0 spiro atoms. The van der Waals surface area contributed by atoms with Crippen molar-refractivity contribution in [1.29, 1.82) is 0 Å². The van der Waals surface area contributed by atoms with Crippen molar-refractivity contribution in [1.82, 2.24) is 4.98 Å². The third kappa shape index (κ3) is 3.73. The molecule has 0 saturated carbocycles. The maximum atomic E-state index is 13.1. The summed E-state index contributed by atoms with van der Waals surface area (Å²) in [4.78, 5) is 22.1. The number of hydrogen-bond donors (Lipinski definition) is 0. The van der Waals surface area contributed by atoms with E-state index >= 15 is 0 Å². The van der Waals surface area contributed by atoms with Gasteiger partial charge in [-0.15, -0.1) is 0 Å². The second-order valence-electron chi connectivity index (χ2n) is 8.81. The van der Waals surface area contributed by atoms with Crippen LogP contribution < -0.4 is 9.80 Å². The number of rotatable bonds is 8. The largest absolute Gasteiger partial charge is 0.439 e. The van der Waals surface area contributed by atoms with Crippen LogP contribution in [0, 0.1) is 13.8 Å². The lowest BCUT2D eigenvalue weighted by Gasteiger charge is -2.34. The van der Waals surface area contributed by atoms with Gasteiger partial charge in [0, 0.05) is 60.4 Å². The molecule has 5 heteroatoms. The van der Waals surface area contributed by atoms with Crippen LogP contribution in [-0.4, -0.2) is 37.1 Å². The van der Waals surface area contributed by atoms with Gasteiger partial charge in [0.05, 0.1) is 0 Å². The van der Waals surface area contributed by atoms with E-state index in [1.807, 2.05) is 12.1 Å². The molecular formula is C29H35N3O2. The SMILES string of the molecule is CCN(CC)c1ccc(C2(c3ccc(N(CC)CC)cc3C)OC(=O)c3ncccc32)c(C)c1. The van der Waals surface area contributed by atoms with E-state index in [9.17, 15) is 4.79 Å². The fourth-order valence-electron chi connectivity index (χ4n) is 5.30. The van der Waals surface area contributed by atoms with Crippen molar-refractivity contribution in [2.45, 2.75) is 47.1 Å². The highest BCUT2D eigenvalue weighted by Gasteiger charge is 2.50. The van der Waals surface area contributed by atoms with Crippen LogP contribution in [0.2, 0.25) is 0 Å². The quantitative estimate of drug-likeness (QED) is 0.397. The molecule has 0 N–H and O–H groups in total. The Morgan fingerprint density at radius 2 is 1.26 bits per heavy atom. The Hall–Kier alpha value is -3.34. The summed E-state index contributed by atoms with van der Waals surface area (Å²) in [7, 11) is 0. The summed E-state index contributed by atoms with van der Waals surface area (Å²) < 4.78 is 6.33. The van der Waals surface area contributed by atoms with E-state index in [1.165, 1.54) is 11.4 Å². The van der Waals surface area contributed by atoms with Gasteiger partial charge in [-0.05, 0) is 83.0 Å². The highest BCUT2D eigenvalue weighted by molar-refractivity contribution is 5.94. The number of anilines is 2. The first-order valence-electron chi connectivity index (χ1n) is 12.3. The standard InChI is InChI=1S/C29H35N3O2/c1-7-31(8-2)22-13-15-24(20(5)18-22)29(26-12-11-17-30-27(26)28(33)34-29)25-16-14-23(19-21(25)6)32(9-3)10-4/h11-19H,7-10H2,1-6H3. The molecule has 4 rings (SSSR count). The number of aromatic nitrogens is 1. The number of carbonyl (C=O) groups excluding carboxylic acids is 1. The van der Waals surface area contributed by atoms with Crippen LogP contribution in [0.1, 0.15) is 66.0 Å². The summed E-state index contributed by atoms with van der Waals surface area (Å²) >= 11 is 0. The highest BCUT2D eigenvalue weighted by Crippen LogP contribution is 2.49. The molecule has 0 aliphatic carbocycles. The van der Waals surface area contributed by atoms with Crippen LogP contribution in [0.25, 0.3) is 0 Å². The molecule has 3 aromatic rings. The number of hydrogen-bond acceptors (Lipinski definition) is 5. The molecule has 0 amide bonds. The molecule has 0 unspecified atom stereocenters. The number of esters is 1. The molecule has 2 aromatic carbocycles. The zero-order valence-electron chi connectivity index (χ0n) is 21.2. The van der Waals surface area contributed by atoms with Gasteiger partial charge in [-0.1, -0.05) is 18.2 Å². The molecule has 0 saturated heterocycles. The molecular weight excluding hydrogens is 422 g/mol. The molecule has 178 valence electrons. The maximum Gasteiger partial charge on any atom is 0.358 e. The summed E-state index contributed by atoms with van der Waals surface area (Å²) in [5.41, 5.74) is 6.63. The predicted octanol–water partition coefficient (Wildman–Crippen LogP) is 5.85. The third-order valence-electron chi connectivity index (χ3n) is 7.06. The summed E-state index contributed by atoms with van der Waals surface area (Å²) in [6.45, 7) is 16.6. The second-order valence-corrected chi connectivity index (χ2v) is 8.81. The normalized spacial score (nSPS) is 14.0. The molecule has 1 aliphatic rings. The monoisotopic (exact) mass is 457 g/mol. The maximum absolute atomic E-state index is 13.1. The second kappa shape index (κ2) is 9.49. The lowest BCUT2D eigenvalue weighted by molar-refractivity contribution is 0.0245. The average Bonchev–Trinajstić information content (AvgIpc) is 3.14. The van der Waals surface area contributed by atoms with Crippen LogP contribution >= 0.6 is 0 Å². The molecule has 1 aromatic heterocycles. The summed E-state index contributed by atoms with van der Waals surface area (Å²) in [5.74, 6) is -0.380. The van der Waals surface area contributed by atoms with Gasteiger partial charge in [-0.3, -0.25) is 0 Å². The van der Waals surface area contributed by atoms with Gasteiger partial charge < -0.3 is 14.5 Å². The van der Waals surface area contributed by atoms with Crippen LogP contribution in [0.15, 0.2) is 54.7 Å². The lowest BCUT2D eigenvalue weighted by Crippen LogP contribution is -2.32. The number of nitrogens with zero attached hydrogens (tertiary/aromatic N) is 3. The summed E-state index contributed by atoms with van der Waals surface area (Å²) in [5, 5.41) is 0. The number of pyridine rings is 1. The van der Waals surface area contributed by atoms with E-state index in [0.717, 1.165) is 54.0 Å². The molecule has 0 bridgehead atoms. The minimum atomic E-state index is -1.03. The van der Waals surface area contributed by atoms with Crippen LogP contribution in [0.3, 0.4) is 0 Å². The number of aryl methyl sites for hydroxylation is 2. The van der Waals surface area contributed by atoms with Gasteiger partial charge in [0.2, 0.25) is 0 Å². The number of carbonyl (C=O) groups is 1. The van der Waals surface area contributed by atoms with E-state index in [2.05, 4.69) is 92.7 Å². The Labute approximate surface area is 203 Å². The highest BCUT2D eigenvalue weighted by atomic mass is 16.6. The molecule has 0 fully saturated rings. The van der Waals surface area contributed by atoms with Crippen molar-refractivity contribution in [2.75, 3.05) is 36.0 Å². The first-order chi connectivity index (χ1) is 16.4. The zero-order chi connectivity index (χ0) is 24.5. The molecule has 2 heterocycles. The van der Waals surface area contributed by atoms with Gasteiger partial charge in [-0.2, -0.15) is 0 Å². The first kappa shape index (κ1) is 23.8. The smallest absolute Gasteiger partial charge is 0.358 e. The summed E-state index contributed by atoms with van der Waals surface area (Å²) in [6, 6.07) is 16.8. The Bertz CT molecular complexity index is 1130. The Balaban J connectivity index is 1.96.